The zero-order valence-corrected chi connectivity index (χ0v) is 15.7. The average Bonchev–Trinajstić information content (AvgIpc) is 2.61. The second-order valence-electron chi connectivity index (χ2n) is 5.71. The summed E-state index contributed by atoms with van der Waals surface area (Å²) in [6.07, 6.45) is -0.0540. The van der Waals surface area contributed by atoms with Crippen LogP contribution in [0.4, 0.5) is 5.69 Å². The van der Waals surface area contributed by atoms with E-state index in [-0.39, 0.29) is 11.0 Å². The standard InChI is InChI=1S/C18H22N2O5S/c1-13(2)25-17-7-5-4-6-16(17)20-18(21)12-19-26(22,23)15-10-8-14(24-3)9-11-15/h4-11,13,19H,12H2,1-3H3,(H,20,21). The van der Waals surface area contributed by atoms with Crippen LogP contribution in [0.15, 0.2) is 53.4 Å². The third-order valence-corrected chi connectivity index (χ3v) is 4.73. The fraction of sp³-hybridized carbons (Fsp3) is 0.278. The average molecular weight is 378 g/mol. The van der Waals surface area contributed by atoms with E-state index in [1.54, 1.807) is 24.3 Å². The van der Waals surface area contributed by atoms with Crippen molar-refractivity contribution in [2.24, 2.45) is 0 Å². The first-order valence-corrected chi connectivity index (χ1v) is 9.49. The highest BCUT2D eigenvalue weighted by Gasteiger charge is 2.16. The van der Waals surface area contributed by atoms with Crippen LogP contribution < -0.4 is 19.5 Å². The minimum Gasteiger partial charge on any atom is -0.497 e. The highest BCUT2D eigenvalue weighted by molar-refractivity contribution is 7.89. The quantitative estimate of drug-likeness (QED) is 0.736. The predicted molar refractivity (Wildman–Crippen MR) is 99.0 cm³/mol. The molecule has 0 unspecified atom stereocenters. The number of nitrogens with one attached hydrogen (secondary N) is 2. The Kier molecular flexibility index (Phi) is 6.59. The van der Waals surface area contributed by atoms with Gasteiger partial charge in [-0.3, -0.25) is 4.79 Å². The van der Waals surface area contributed by atoms with Gasteiger partial charge in [-0.1, -0.05) is 12.1 Å². The molecule has 0 aliphatic carbocycles. The van der Waals surface area contributed by atoms with Crippen LogP contribution in [0.2, 0.25) is 0 Å². The fourth-order valence-corrected chi connectivity index (χ4v) is 3.10. The number of sulfonamides is 1. The summed E-state index contributed by atoms with van der Waals surface area (Å²) in [5.74, 6) is 0.569. The van der Waals surface area contributed by atoms with Crippen molar-refractivity contribution in [2.75, 3.05) is 19.0 Å². The molecule has 0 heterocycles. The molecule has 0 aliphatic heterocycles. The van der Waals surface area contributed by atoms with Gasteiger partial charge in [0.25, 0.3) is 0 Å². The lowest BCUT2D eigenvalue weighted by atomic mass is 10.3. The van der Waals surface area contributed by atoms with Crippen molar-refractivity contribution in [1.82, 2.24) is 4.72 Å². The van der Waals surface area contributed by atoms with Gasteiger partial charge in [-0.2, -0.15) is 0 Å². The van der Waals surface area contributed by atoms with Gasteiger partial charge in [-0.15, -0.1) is 0 Å². The van der Waals surface area contributed by atoms with E-state index in [4.69, 9.17) is 9.47 Å². The number of para-hydroxylation sites is 2. The third-order valence-electron chi connectivity index (χ3n) is 3.32. The van der Waals surface area contributed by atoms with E-state index in [0.717, 1.165) is 0 Å². The molecule has 8 heteroatoms. The first kappa shape index (κ1) is 19.7. The van der Waals surface area contributed by atoms with E-state index in [1.165, 1.54) is 31.4 Å². The number of anilines is 1. The maximum atomic E-state index is 12.2. The van der Waals surface area contributed by atoms with Gasteiger partial charge in [-0.25, -0.2) is 13.1 Å². The van der Waals surface area contributed by atoms with Gasteiger partial charge in [0.15, 0.2) is 0 Å². The lowest BCUT2D eigenvalue weighted by molar-refractivity contribution is -0.115. The third kappa shape index (κ3) is 5.47. The number of rotatable bonds is 8. The van der Waals surface area contributed by atoms with Crippen LogP contribution in [-0.2, 0) is 14.8 Å². The Morgan fingerprint density at radius 3 is 2.35 bits per heavy atom. The molecule has 0 saturated carbocycles. The molecule has 0 fully saturated rings. The molecule has 0 bridgehead atoms. The molecule has 2 rings (SSSR count). The SMILES string of the molecule is COc1ccc(S(=O)(=O)NCC(=O)Nc2ccccc2OC(C)C)cc1. The number of ether oxygens (including phenoxy) is 2. The van der Waals surface area contributed by atoms with Crippen LogP contribution in [0.25, 0.3) is 0 Å². The predicted octanol–water partition coefficient (Wildman–Crippen LogP) is 2.40. The first-order chi connectivity index (χ1) is 12.3. The second-order valence-corrected chi connectivity index (χ2v) is 7.48. The maximum Gasteiger partial charge on any atom is 0.241 e. The van der Waals surface area contributed by atoms with Crippen molar-refractivity contribution < 1.29 is 22.7 Å². The Bertz CT molecular complexity index is 848. The monoisotopic (exact) mass is 378 g/mol. The summed E-state index contributed by atoms with van der Waals surface area (Å²) in [6, 6.07) is 12.9. The minimum absolute atomic E-state index is 0.0506. The summed E-state index contributed by atoms with van der Waals surface area (Å²) in [6.45, 7) is 3.35. The van der Waals surface area contributed by atoms with Crippen LogP contribution >= 0.6 is 0 Å². The Hall–Kier alpha value is -2.58. The molecule has 2 aromatic rings. The topological polar surface area (TPSA) is 93.7 Å². The van der Waals surface area contributed by atoms with Crippen molar-refractivity contribution in [3.8, 4) is 11.5 Å². The Labute approximate surface area is 153 Å². The van der Waals surface area contributed by atoms with E-state index in [0.29, 0.717) is 17.2 Å². The Balaban J connectivity index is 2.00. The van der Waals surface area contributed by atoms with E-state index in [9.17, 15) is 13.2 Å². The molecule has 2 N–H and O–H groups in total. The maximum absolute atomic E-state index is 12.2. The Morgan fingerprint density at radius 2 is 1.73 bits per heavy atom. The number of benzene rings is 2. The number of hydrogen-bond acceptors (Lipinski definition) is 5. The zero-order valence-electron chi connectivity index (χ0n) is 14.9. The molecule has 0 aliphatic rings. The van der Waals surface area contributed by atoms with E-state index >= 15 is 0 Å². The number of hydrogen-bond donors (Lipinski definition) is 2. The van der Waals surface area contributed by atoms with Gasteiger partial charge in [0.05, 0.1) is 30.3 Å². The molecular weight excluding hydrogens is 356 g/mol. The molecular formula is C18H22N2O5S. The Morgan fingerprint density at radius 1 is 1.08 bits per heavy atom. The highest BCUT2D eigenvalue weighted by Crippen LogP contribution is 2.24. The molecule has 7 nitrogen and oxygen atoms in total. The normalized spacial score (nSPS) is 11.2. The number of carbonyl (C=O) groups is 1. The summed E-state index contributed by atoms with van der Waals surface area (Å²) in [5, 5.41) is 2.65. The largest absolute Gasteiger partial charge is 0.497 e. The molecule has 0 radical (unpaired) electrons. The molecule has 1 amide bonds. The summed E-state index contributed by atoms with van der Waals surface area (Å²) in [7, 11) is -2.31. The summed E-state index contributed by atoms with van der Waals surface area (Å²) in [4.78, 5) is 12.2. The van der Waals surface area contributed by atoms with Crippen molar-refractivity contribution >= 4 is 21.6 Å². The molecule has 140 valence electrons. The van der Waals surface area contributed by atoms with Gasteiger partial charge >= 0.3 is 0 Å². The number of methoxy groups -OCH3 is 1. The lowest BCUT2D eigenvalue weighted by Crippen LogP contribution is -2.33. The van der Waals surface area contributed by atoms with Crippen LogP contribution in [0.3, 0.4) is 0 Å². The van der Waals surface area contributed by atoms with E-state index < -0.39 is 22.5 Å². The molecule has 0 spiro atoms. The van der Waals surface area contributed by atoms with Crippen LogP contribution in [-0.4, -0.2) is 34.1 Å². The molecule has 0 saturated heterocycles. The number of amides is 1. The summed E-state index contributed by atoms with van der Waals surface area (Å²) < 4.78 is 37.4. The van der Waals surface area contributed by atoms with Crippen LogP contribution in [0.1, 0.15) is 13.8 Å². The van der Waals surface area contributed by atoms with Gasteiger partial charge < -0.3 is 14.8 Å². The van der Waals surface area contributed by atoms with Gasteiger partial charge in [0.1, 0.15) is 11.5 Å². The lowest BCUT2D eigenvalue weighted by Gasteiger charge is -2.15. The summed E-state index contributed by atoms with van der Waals surface area (Å²) >= 11 is 0. The van der Waals surface area contributed by atoms with Gasteiger partial charge in [-0.05, 0) is 50.2 Å². The summed E-state index contributed by atoms with van der Waals surface area (Å²) in [5.41, 5.74) is 0.481. The second kappa shape index (κ2) is 8.68. The van der Waals surface area contributed by atoms with Crippen LogP contribution in [0, 0.1) is 0 Å². The van der Waals surface area contributed by atoms with Crippen molar-refractivity contribution in [2.45, 2.75) is 24.8 Å². The van der Waals surface area contributed by atoms with Gasteiger partial charge in [0.2, 0.25) is 15.9 Å². The van der Waals surface area contributed by atoms with Gasteiger partial charge in [0, 0.05) is 0 Å². The van der Waals surface area contributed by atoms with E-state index in [1.807, 2.05) is 13.8 Å². The van der Waals surface area contributed by atoms with Crippen molar-refractivity contribution in [3.63, 3.8) is 0 Å². The minimum atomic E-state index is -3.80. The molecule has 0 aromatic heterocycles. The molecule has 26 heavy (non-hydrogen) atoms. The molecule has 2 aromatic carbocycles. The van der Waals surface area contributed by atoms with E-state index in [2.05, 4.69) is 10.0 Å². The van der Waals surface area contributed by atoms with Crippen LogP contribution in [0.5, 0.6) is 11.5 Å². The van der Waals surface area contributed by atoms with Crippen molar-refractivity contribution in [3.05, 3.63) is 48.5 Å². The smallest absolute Gasteiger partial charge is 0.241 e. The highest BCUT2D eigenvalue weighted by atomic mass is 32.2. The number of carbonyl (C=O) groups excluding carboxylic acids is 1. The zero-order chi connectivity index (χ0) is 19.2. The van der Waals surface area contributed by atoms with Crippen molar-refractivity contribution in [1.29, 1.82) is 0 Å². The first-order valence-electron chi connectivity index (χ1n) is 8.01. The molecule has 0 atom stereocenters. The fourth-order valence-electron chi connectivity index (χ4n) is 2.12.